The zero-order chi connectivity index (χ0) is 29.1. The minimum Gasteiger partial charge on any atom is -0.762 e. The zero-order valence-corrected chi connectivity index (χ0v) is 29.3. The van der Waals surface area contributed by atoms with Gasteiger partial charge in [0.1, 0.15) is 0 Å². The van der Waals surface area contributed by atoms with E-state index >= 15 is 0 Å². The number of benzene rings is 2. The quantitative estimate of drug-likeness (QED) is 0.0632. The number of imidazole rings is 2. The molecule has 0 saturated heterocycles. The first-order valence-electron chi connectivity index (χ1n) is 13.8. The number of hydrogen-bond acceptors (Lipinski definition) is 6. The van der Waals surface area contributed by atoms with Crippen LogP contribution in [0.25, 0.3) is 11.4 Å². The Bertz CT molecular complexity index is 1350. The molecule has 0 saturated carbocycles. The minimum absolute atomic E-state index is 0. The summed E-state index contributed by atoms with van der Waals surface area (Å²) in [6.07, 6.45) is 9.55. The Morgan fingerprint density at radius 3 is 1.17 bits per heavy atom. The van der Waals surface area contributed by atoms with Crippen LogP contribution in [0.3, 0.4) is 0 Å². The predicted octanol–water partition coefficient (Wildman–Crippen LogP) is 8.80. The van der Waals surface area contributed by atoms with Gasteiger partial charge in [0.15, 0.2) is 9.54 Å². The molecule has 226 valence electrons. The van der Waals surface area contributed by atoms with Gasteiger partial charge in [-0.2, -0.15) is 0 Å². The molecule has 4 aromatic rings. The molecule has 0 atom stereocenters. The van der Waals surface area contributed by atoms with Crippen LogP contribution in [0, 0.1) is 9.54 Å². The molecule has 0 spiro atoms. The van der Waals surface area contributed by atoms with Gasteiger partial charge >= 0.3 is 0 Å². The van der Waals surface area contributed by atoms with Crippen molar-refractivity contribution in [2.45, 2.75) is 98.4 Å². The van der Waals surface area contributed by atoms with Crippen molar-refractivity contribution in [2.75, 3.05) is 0 Å². The van der Waals surface area contributed by atoms with Crippen molar-refractivity contribution in [3.05, 3.63) is 70.2 Å². The summed E-state index contributed by atoms with van der Waals surface area (Å²) in [6.45, 7) is 6.14. The molecule has 2 aromatic heterocycles. The summed E-state index contributed by atoms with van der Waals surface area (Å²) in [7, 11) is 0. The molecule has 0 unspecified atom stereocenters. The third-order valence-electron chi connectivity index (χ3n) is 6.61. The van der Waals surface area contributed by atoms with Crippen molar-refractivity contribution >= 4 is 75.0 Å². The molecule has 4 nitrogen and oxygen atoms in total. The molecule has 41 heavy (non-hydrogen) atoms. The summed E-state index contributed by atoms with van der Waals surface area (Å²) in [5.41, 5.74) is 1.97. The first-order valence-corrected chi connectivity index (χ1v) is 16.3. The van der Waals surface area contributed by atoms with Crippen molar-refractivity contribution in [3.8, 4) is 11.4 Å². The SMILES string of the molecule is CCCCCCn1c([S-])c([S-])n(-c2ccccc2)c1=S.CCCCCCn1c([S-])c([S-])n(-c2ccccc2)c1=S.[Ni]. The number of para-hydroxylation sites is 2. The van der Waals surface area contributed by atoms with E-state index in [1.54, 1.807) is 0 Å². The van der Waals surface area contributed by atoms with Gasteiger partial charge in [-0.1, -0.05) is 88.8 Å². The van der Waals surface area contributed by atoms with Crippen LogP contribution in [0.5, 0.6) is 0 Å². The van der Waals surface area contributed by atoms with Gasteiger partial charge in [0.2, 0.25) is 0 Å². The standard InChI is InChI=1S/2C15H20N2S3.Ni/c2*1-2-3-4-8-11-16-13(18)14(19)17(15(16)20)12-9-6-5-7-10-12;/h2*5-7,9-10,18-19H,2-4,8,11H2,1H3;/p-4. The van der Waals surface area contributed by atoms with E-state index in [0.29, 0.717) is 29.6 Å². The van der Waals surface area contributed by atoms with E-state index in [2.05, 4.69) is 13.8 Å². The van der Waals surface area contributed by atoms with Crippen molar-refractivity contribution < 1.29 is 16.5 Å². The average Bonchev–Trinajstić information content (AvgIpc) is 3.32. The van der Waals surface area contributed by atoms with E-state index in [9.17, 15) is 0 Å². The van der Waals surface area contributed by atoms with Crippen LogP contribution in [0.2, 0.25) is 0 Å². The van der Waals surface area contributed by atoms with Gasteiger partial charge in [0.25, 0.3) is 0 Å². The number of nitrogens with zero attached hydrogens (tertiary/aromatic N) is 4. The van der Waals surface area contributed by atoms with Gasteiger partial charge in [-0.25, -0.2) is 0 Å². The van der Waals surface area contributed by atoms with Crippen LogP contribution in [0.15, 0.2) is 80.8 Å². The van der Waals surface area contributed by atoms with Crippen molar-refractivity contribution in [2.24, 2.45) is 0 Å². The van der Waals surface area contributed by atoms with Crippen LogP contribution >= 0.6 is 24.4 Å². The number of rotatable bonds is 12. The Morgan fingerprint density at radius 1 is 0.512 bits per heavy atom. The van der Waals surface area contributed by atoms with E-state index in [1.165, 1.54) is 38.5 Å². The molecule has 4 rings (SSSR count). The fourth-order valence-electron chi connectivity index (χ4n) is 4.41. The summed E-state index contributed by atoms with van der Waals surface area (Å²) in [4.78, 5) is 0. The van der Waals surface area contributed by atoms with Gasteiger partial charge in [-0.05, 0) is 61.5 Å². The molecule has 0 N–H and O–H groups in total. The second-order valence-corrected chi connectivity index (χ2v) is 11.8. The van der Waals surface area contributed by atoms with Gasteiger partial charge in [0.05, 0.1) is 0 Å². The third-order valence-corrected chi connectivity index (χ3v) is 9.25. The summed E-state index contributed by atoms with van der Waals surface area (Å²) in [5.74, 6) is 0. The fourth-order valence-corrected chi connectivity index (χ4v) is 6.54. The molecule has 2 aromatic carbocycles. The number of unbranched alkanes of at least 4 members (excludes halogenated alkanes) is 6. The largest absolute Gasteiger partial charge is 0.762 e. The van der Waals surface area contributed by atoms with Crippen LogP contribution in [0.1, 0.15) is 65.2 Å². The van der Waals surface area contributed by atoms with Crippen LogP contribution in [0.4, 0.5) is 0 Å². The molecule has 0 bridgehead atoms. The molecule has 0 aliphatic heterocycles. The molecule has 11 heteroatoms. The molecule has 0 fully saturated rings. The maximum absolute atomic E-state index is 5.55. The average molecular weight is 704 g/mol. The maximum atomic E-state index is 5.55. The Morgan fingerprint density at radius 2 is 0.854 bits per heavy atom. The summed E-state index contributed by atoms with van der Waals surface area (Å²) >= 11 is 32.9. The summed E-state index contributed by atoms with van der Waals surface area (Å²) in [6, 6.07) is 19.9. The topological polar surface area (TPSA) is 19.7 Å². The van der Waals surface area contributed by atoms with Gasteiger partial charge < -0.3 is 68.8 Å². The first-order chi connectivity index (χ1) is 19.3. The molecular weight excluding hydrogens is 667 g/mol. The maximum Gasteiger partial charge on any atom is 0.181 e. The molecule has 2 heterocycles. The van der Waals surface area contributed by atoms with Gasteiger partial charge in [0, 0.05) is 41.0 Å². The Labute approximate surface area is 287 Å². The Balaban J connectivity index is 0.000000280. The minimum atomic E-state index is 0. The molecule has 0 aliphatic rings. The molecule has 0 aliphatic carbocycles. The van der Waals surface area contributed by atoms with Crippen LogP contribution in [-0.4, -0.2) is 18.3 Å². The van der Waals surface area contributed by atoms with Gasteiger partial charge in [-0.3, -0.25) is 0 Å². The summed E-state index contributed by atoms with van der Waals surface area (Å²) < 4.78 is 9.20. The second-order valence-electron chi connectivity index (χ2n) is 9.55. The third kappa shape index (κ3) is 9.33. The van der Waals surface area contributed by atoms with Gasteiger partial charge in [-0.15, -0.1) is 20.1 Å². The first kappa shape index (κ1) is 35.9. The number of hydrogen-bond donors (Lipinski definition) is 0. The zero-order valence-electron chi connectivity index (χ0n) is 23.4. The predicted molar refractivity (Wildman–Crippen MR) is 180 cm³/mol. The van der Waals surface area contributed by atoms with Crippen molar-refractivity contribution in [1.82, 2.24) is 18.3 Å². The normalized spacial score (nSPS) is 10.6. The Hall–Kier alpha value is -1.33. The molecule has 0 radical (unpaired) electrons. The van der Waals surface area contributed by atoms with Crippen LogP contribution in [-0.2, 0) is 80.1 Å². The molecular formula is C30H36N4NiS6-4. The smallest absolute Gasteiger partial charge is 0.181 e. The summed E-state index contributed by atoms with van der Waals surface area (Å²) in [5, 5.41) is 2.66. The van der Waals surface area contributed by atoms with E-state index in [1.807, 2.05) is 78.9 Å². The van der Waals surface area contributed by atoms with E-state index in [4.69, 9.17) is 75.0 Å². The van der Waals surface area contributed by atoms with Crippen molar-refractivity contribution in [3.63, 3.8) is 0 Å². The van der Waals surface area contributed by atoms with Crippen LogP contribution < -0.4 is 0 Å². The van der Waals surface area contributed by atoms with E-state index < -0.39 is 0 Å². The Kier molecular flexibility index (Phi) is 16.1. The monoisotopic (exact) mass is 702 g/mol. The second kappa shape index (κ2) is 18.4. The molecule has 0 amide bonds. The fraction of sp³-hybridized carbons (Fsp3) is 0.400. The van der Waals surface area contributed by atoms with E-state index in [0.717, 1.165) is 37.3 Å². The van der Waals surface area contributed by atoms with E-state index in [-0.39, 0.29) is 16.5 Å². The van der Waals surface area contributed by atoms with Crippen molar-refractivity contribution in [1.29, 1.82) is 0 Å². The number of aromatic nitrogens is 4.